The van der Waals surface area contributed by atoms with Crippen molar-refractivity contribution in [2.75, 3.05) is 33.5 Å². The van der Waals surface area contributed by atoms with Gasteiger partial charge in [0.15, 0.2) is 6.61 Å². The van der Waals surface area contributed by atoms with Gasteiger partial charge in [-0.05, 0) is 56.1 Å². The van der Waals surface area contributed by atoms with Gasteiger partial charge in [0.2, 0.25) is 5.91 Å². The first-order valence-electron chi connectivity index (χ1n) is 11.1. The molecule has 2 bridgehead atoms. The minimum absolute atomic E-state index is 0.00238. The molecule has 1 saturated heterocycles. The van der Waals surface area contributed by atoms with E-state index in [1.807, 2.05) is 23.1 Å². The Hall–Kier alpha value is -2.12. The smallest absolute Gasteiger partial charge is 0.260 e. The van der Waals surface area contributed by atoms with Gasteiger partial charge >= 0.3 is 0 Å². The molecule has 0 spiro atoms. The number of nitrogens with one attached hydrogen (secondary N) is 1. The number of amides is 2. The fourth-order valence-corrected chi connectivity index (χ4v) is 5.07. The van der Waals surface area contributed by atoms with Gasteiger partial charge in [-0.15, -0.1) is 0 Å². The van der Waals surface area contributed by atoms with Gasteiger partial charge < -0.3 is 24.4 Å². The summed E-state index contributed by atoms with van der Waals surface area (Å²) in [7, 11) is 1.50. The van der Waals surface area contributed by atoms with Crippen LogP contribution in [0, 0.1) is 0 Å². The van der Waals surface area contributed by atoms with E-state index >= 15 is 0 Å². The number of rotatable bonds is 3. The SMILES string of the molecule is COCC(=O)N[C@H]1CCCN2C(=O)COc3ccccc3C3CCC(CC3)OC[C@@H]12. The van der Waals surface area contributed by atoms with E-state index in [4.69, 9.17) is 14.2 Å². The van der Waals surface area contributed by atoms with Gasteiger partial charge in [-0.1, -0.05) is 18.2 Å². The Morgan fingerprint density at radius 3 is 2.80 bits per heavy atom. The van der Waals surface area contributed by atoms with Crippen molar-refractivity contribution in [2.45, 2.75) is 62.6 Å². The normalized spacial score (nSPS) is 29.5. The summed E-state index contributed by atoms with van der Waals surface area (Å²) in [5.74, 6) is 1.04. The summed E-state index contributed by atoms with van der Waals surface area (Å²) in [5, 5.41) is 3.04. The Morgan fingerprint density at radius 1 is 1.20 bits per heavy atom. The Balaban J connectivity index is 1.56. The van der Waals surface area contributed by atoms with Gasteiger partial charge in [0, 0.05) is 13.7 Å². The first-order valence-corrected chi connectivity index (χ1v) is 11.1. The number of ether oxygens (including phenoxy) is 3. The van der Waals surface area contributed by atoms with Crippen LogP contribution in [0.1, 0.15) is 50.0 Å². The topological polar surface area (TPSA) is 77.1 Å². The predicted octanol–water partition coefficient (Wildman–Crippen LogP) is 2.24. The minimum atomic E-state index is -0.190. The van der Waals surface area contributed by atoms with Crippen molar-refractivity contribution in [3.05, 3.63) is 29.8 Å². The van der Waals surface area contributed by atoms with E-state index in [0.717, 1.165) is 44.3 Å². The van der Waals surface area contributed by atoms with Crippen LogP contribution in [0.2, 0.25) is 0 Å². The van der Waals surface area contributed by atoms with Crippen LogP contribution in [0.5, 0.6) is 5.75 Å². The number of para-hydroxylation sites is 1. The molecule has 3 aliphatic heterocycles. The van der Waals surface area contributed by atoms with Crippen molar-refractivity contribution >= 4 is 11.8 Å². The van der Waals surface area contributed by atoms with Crippen LogP contribution in [0.3, 0.4) is 0 Å². The number of carbonyl (C=O) groups excluding carboxylic acids is 2. The molecule has 2 fully saturated rings. The summed E-state index contributed by atoms with van der Waals surface area (Å²) in [4.78, 5) is 27.1. The number of hydrogen-bond donors (Lipinski definition) is 1. The highest BCUT2D eigenvalue weighted by molar-refractivity contribution is 5.79. The molecule has 0 radical (unpaired) electrons. The molecule has 0 unspecified atom stereocenters. The molecule has 3 heterocycles. The van der Waals surface area contributed by atoms with Crippen LogP contribution in [0.15, 0.2) is 24.3 Å². The summed E-state index contributed by atoms with van der Waals surface area (Å²) < 4.78 is 17.3. The van der Waals surface area contributed by atoms with Crippen LogP contribution >= 0.6 is 0 Å². The third-order valence-corrected chi connectivity index (χ3v) is 6.61. The average molecular weight is 417 g/mol. The highest BCUT2D eigenvalue weighted by atomic mass is 16.5. The Bertz CT molecular complexity index is 747. The zero-order valence-corrected chi connectivity index (χ0v) is 17.7. The maximum absolute atomic E-state index is 13.1. The van der Waals surface area contributed by atoms with Crippen LogP contribution in [-0.2, 0) is 19.1 Å². The summed E-state index contributed by atoms with van der Waals surface area (Å²) in [6.07, 6.45) is 5.97. The molecule has 7 heteroatoms. The lowest BCUT2D eigenvalue weighted by Gasteiger charge is -2.42. The lowest BCUT2D eigenvalue weighted by Crippen LogP contribution is -2.60. The molecule has 2 amide bonds. The van der Waals surface area contributed by atoms with Crippen molar-refractivity contribution in [3.8, 4) is 5.75 Å². The van der Waals surface area contributed by atoms with Crippen LogP contribution < -0.4 is 10.1 Å². The summed E-state index contributed by atoms with van der Waals surface area (Å²) in [6.45, 7) is 1.11. The largest absolute Gasteiger partial charge is 0.483 e. The van der Waals surface area contributed by atoms with Gasteiger partial charge in [0.1, 0.15) is 12.4 Å². The van der Waals surface area contributed by atoms with Crippen LogP contribution in [0.4, 0.5) is 0 Å². The van der Waals surface area contributed by atoms with E-state index in [1.165, 1.54) is 12.7 Å². The summed E-state index contributed by atoms with van der Waals surface area (Å²) in [6, 6.07) is 7.76. The van der Waals surface area contributed by atoms with Crippen molar-refractivity contribution in [2.24, 2.45) is 0 Å². The van der Waals surface area contributed by atoms with E-state index in [9.17, 15) is 9.59 Å². The molecule has 1 saturated carbocycles. The summed E-state index contributed by atoms with van der Waals surface area (Å²) >= 11 is 0. The zero-order chi connectivity index (χ0) is 20.9. The molecule has 5 rings (SSSR count). The molecule has 1 N–H and O–H groups in total. The fourth-order valence-electron chi connectivity index (χ4n) is 5.07. The Labute approximate surface area is 178 Å². The van der Waals surface area contributed by atoms with Crippen molar-refractivity contribution in [1.29, 1.82) is 0 Å². The van der Waals surface area contributed by atoms with Gasteiger partial charge in [0.25, 0.3) is 5.91 Å². The lowest BCUT2D eigenvalue weighted by molar-refractivity contribution is -0.142. The molecular weight excluding hydrogens is 384 g/mol. The van der Waals surface area contributed by atoms with E-state index in [1.54, 1.807) is 0 Å². The molecule has 30 heavy (non-hydrogen) atoms. The van der Waals surface area contributed by atoms with Crippen molar-refractivity contribution in [1.82, 2.24) is 10.2 Å². The Morgan fingerprint density at radius 2 is 2.00 bits per heavy atom. The van der Waals surface area contributed by atoms with E-state index in [2.05, 4.69) is 11.4 Å². The maximum atomic E-state index is 13.1. The molecule has 1 aromatic rings. The number of piperidine rings is 1. The second-order valence-corrected chi connectivity index (χ2v) is 8.54. The monoisotopic (exact) mass is 416 g/mol. The highest BCUT2D eigenvalue weighted by Gasteiger charge is 2.37. The second-order valence-electron chi connectivity index (χ2n) is 8.54. The first kappa shape index (κ1) is 21.1. The van der Waals surface area contributed by atoms with Crippen molar-refractivity contribution in [3.63, 3.8) is 0 Å². The third kappa shape index (κ3) is 4.78. The predicted molar refractivity (Wildman–Crippen MR) is 111 cm³/mol. The lowest BCUT2D eigenvalue weighted by atomic mass is 9.82. The van der Waals surface area contributed by atoms with Gasteiger partial charge in [-0.3, -0.25) is 9.59 Å². The minimum Gasteiger partial charge on any atom is -0.483 e. The quantitative estimate of drug-likeness (QED) is 0.818. The standard InChI is InChI=1S/C23H32N2O5/c1-28-14-22(26)24-19-6-4-12-25-20(19)13-29-17-10-8-16(9-11-17)18-5-2-3-7-21(18)30-15-23(25)27/h2-3,5,7,16-17,19-20H,4,6,8-15H2,1H3,(H,24,26)/t16?,17?,19-,20-/m0/s1. The van der Waals surface area contributed by atoms with Crippen LogP contribution in [0.25, 0.3) is 0 Å². The number of methoxy groups -OCH3 is 1. The van der Waals surface area contributed by atoms with E-state index in [-0.39, 0.29) is 43.2 Å². The molecule has 2 atom stereocenters. The molecule has 0 aromatic heterocycles. The Kier molecular flexibility index (Phi) is 6.89. The molecule has 7 nitrogen and oxygen atoms in total. The molecular formula is C23H32N2O5. The maximum Gasteiger partial charge on any atom is 0.260 e. The number of benzene rings is 1. The third-order valence-electron chi connectivity index (χ3n) is 6.61. The zero-order valence-electron chi connectivity index (χ0n) is 17.7. The second kappa shape index (κ2) is 9.79. The number of carbonyl (C=O) groups is 2. The van der Waals surface area contributed by atoms with Gasteiger partial charge in [-0.25, -0.2) is 0 Å². The fraction of sp³-hybridized carbons (Fsp3) is 0.652. The van der Waals surface area contributed by atoms with Crippen molar-refractivity contribution < 1.29 is 23.8 Å². The molecule has 1 aliphatic carbocycles. The molecule has 1 aromatic carbocycles. The van der Waals surface area contributed by atoms with Crippen LogP contribution in [-0.4, -0.2) is 68.4 Å². The summed E-state index contributed by atoms with van der Waals surface area (Å²) in [5.41, 5.74) is 1.20. The van der Waals surface area contributed by atoms with Gasteiger partial charge in [-0.2, -0.15) is 0 Å². The average Bonchev–Trinajstić information content (AvgIpc) is 2.78. The molecule has 164 valence electrons. The number of fused-ring (bicyclic) bond motifs is 5. The van der Waals surface area contributed by atoms with E-state index in [0.29, 0.717) is 19.1 Å². The first-order chi connectivity index (χ1) is 14.7. The number of hydrogen-bond acceptors (Lipinski definition) is 5. The number of nitrogens with zero attached hydrogens (tertiary/aromatic N) is 1. The van der Waals surface area contributed by atoms with Gasteiger partial charge in [0.05, 0.1) is 24.8 Å². The highest BCUT2D eigenvalue weighted by Crippen LogP contribution is 2.38. The molecule has 4 aliphatic rings. The van der Waals surface area contributed by atoms with E-state index < -0.39 is 0 Å².